The lowest BCUT2D eigenvalue weighted by Gasteiger charge is -2.47. The van der Waals surface area contributed by atoms with Gasteiger partial charge < -0.3 is 4.74 Å². The molecule has 0 bridgehead atoms. The third-order valence-corrected chi connectivity index (χ3v) is 3.29. The summed E-state index contributed by atoms with van der Waals surface area (Å²) in [6.07, 6.45) is 5.98. The Labute approximate surface area is 92.5 Å². The molecule has 1 spiro atoms. The van der Waals surface area contributed by atoms with Crippen molar-refractivity contribution in [3.8, 4) is 0 Å². The standard InChI is InChI=1S/C12H23NO2/c1-11(2,3)15-13-10-5-8-14-12(9-10)6-4-7-12/h10,13H,4-9H2,1-3H3. The Bertz CT molecular complexity index is 218. The Balaban J connectivity index is 1.78. The van der Waals surface area contributed by atoms with E-state index in [2.05, 4.69) is 26.3 Å². The van der Waals surface area contributed by atoms with Crippen molar-refractivity contribution in [1.82, 2.24) is 5.48 Å². The van der Waals surface area contributed by atoms with E-state index in [1.807, 2.05) is 0 Å². The molecule has 1 atom stereocenters. The molecule has 1 saturated heterocycles. The molecule has 2 rings (SSSR count). The number of hydrogen-bond acceptors (Lipinski definition) is 3. The van der Waals surface area contributed by atoms with E-state index < -0.39 is 0 Å². The van der Waals surface area contributed by atoms with E-state index in [-0.39, 0.29) is 11.2 Å². The van der Waals surface area contributed by atoms with Crippen molar-refractivity contribution in [3.63, 3.8) is 0 Å². The van der Waals surface area contributed by atoms with Crippen LogP contribution >= 0.6 is 0 Å². The van der Waals surface area contributed by atoms with Crippen LogP contribution in [-0.4, -0.2) is 23.9 Å². The lowest BCUT2D eigenvalue weighted by Crippen LogP contribution is -2.51. The number of ether oxygens (including phenoxy) is 1. The predicted octanol–water partition coefficient (Wildman–Crippen LogP) is 2.41. The Kier molecular flexibility index (Phi) is 3.06. The normalized spacial score (nSPS) is 30.2. The van der Waals surface area contributed by atoms with E-state index in [0.717, 1.165) is 19.4 Å². The SMILES string of the molecule is CC(C)(C)ONC1CCOC2(CCC2)C1. The number of hydroxylamine groups is 1. The van der Waals surface area contributed by atoms with Crippen LogP contribution in [0.2, 0.25) is 0 Å². The van der Waals surface area contributed by atoms with E-state index in [1.54, 1.807) is 0 Å². The molecule has 88 valence electrons. The first-order valence-electron chi connectivity index (χ1n) is 6.07. The zero-order valence-corrected chi connectivity index (χ0v) is 10.1. The van der Waals surface area contributed by atoms with E-state index in [4.69, 9.17) is 9.57 Å². The molecule has 1 aliphatic heterocycles. The lowest BCUT2D eigenvalue weighted by molar-refractivity contribution is -0.165. The second-order valence-corrected chi connectivity index (χ2v) is 5.91. The fraction of sp³-hybridized carbons (Fsp3) is 1.00. The number of hydrogen-bond donors (Lipinski definition) is 1. The monoisotopic (exact) mass is 213 g/mol. The molecular weight excluding hydrogens is 190 g/mol. The van der Waals surface area contributed by atoms with Crippen LogP contribution in [0.4, 0.5) is 0 Å². The molecule has 2 aliphatic rings. The van der Waals surface area contributed by atoms with Gasteiger partial charge in [0.25, 0.3) is 0 Å². The Morgan fingerprint density at radius 1 is 1.33 bits per heavy atom. The molecule has 2 fully saturated rings. The predicted molar refractivity (Wildman–Crippen MR) is 59.5 cm³/mol. The maximum Gasteiger partial charge on any atom is 0.0813 e. The highest BCUT2D eigenvalue weighted by Crippen LogP contribution is 2.42. The van der Waals surface area contributed by atoms with E-state index in [1.165, 1.54) is 19.3 Å². The Morgan fingerprint density at radius 2 is 2.07 bits per heavy atom. The Hall–Kier alpha value is -0.120. The van der Waals surface area contributed by atoms with Crippen LogP contribution in [0.5, 0.6) is 0 Å². The number of nitrogens with one attached hydrogen (secondary N) is 1. The maximum absolute atomic E-state index is 5.87. The quantitative estimate of drug-likeness (QED) is 0.715. The molecule has 0 amide bonds. The van der Waals surface area contributed by atoms with E-state index in [0.29, 0.717) is 6.04 Å². The summed E-state index contributed by atoms with van der Waals surface area (Å²) in [7, 11) is 0. The molecule has 1 aliphatic carbocycles. The van der Waals surface area contributed by atoms with Gasteiger partial charge >= 0.3 is 0 Å². The van der Waals surface area contributed by atoms with Crippen molar-refractivity contribution < 1.29 is 9.57 Å². The minimum absolute atomic E-state index is 0.106. The zero-order valence-electron chi connectivity index (χ0n) is 10.1. The van der Waals surface area contributed by atoms with Crippen molar-refractivity contribution in [2.24, 2.45) is 0 Å². The maximum atomic E-state index is 5.87. The van der Waals surface area contributed by atoms with Crippen molar-refractivity contribution in [2.75, 3.05) is 6.61 Å². The van der Waals surface area contributed by atoms with Gasteiger partial charge in [0, 0.05) is 12.6 Å². The summed E-state index contributed by atoms with van der Waals surface area (Å²) in [6.45, 7) is 7.08. The van der Waals surface area contributed by atoms with Crippen molar-refractivity contribution >= 4 is 0 Å². The zero-order chi connectivity index (χ0) is 10.9. The minimum atomic E-state index is -0.106. The second kappa shape index (κ2) is 4.04. The van der Waals surface area contributed by atoms with E-state index in [9.17, 15) is 0 Å². The van der Waals surface area contributed by atoms with Gasteiger partial charge in [-0.25, -0.2) is 0 Å². The Morgan fingerprint density at radius 3 is 2.60 bits per heavy atom. The first-order chi connectivity index (χ1) is 6.99. The smallest absolute Gasteiger partial charge is 0.0813 e. The van der Waals surface area contributed by atoms with Crippen LogP contribution in [0.3, 0.4) is 0 Å². The van der Waals surface area contributed by atoms with Gasteiger partial charge in [0.15, 0.2) is 0 Å². The highest BCUT2D eigenvalue weighted by molar-refractivity contribution is 4.95. The summed E-state index contributed by atoms with van der Waals surface area (Å²) >= 11 is 0. The molecule has 3 nitrogen and oxygen atoms in total. The lowest BCUT2D eigenvalue weighted by atomic mass is 9.74. The van der Waals surface area contributed by atoms with Crippen LogP contribution in [0.1, 0.15) is 52.9 Å². The van der Waals surface area contributed by atoms with Crippen LogP contribution in [0.15, 0.2) is 0 Å². The van der Waals surface area contributed by atoms with Crippen LogP contribution in [-0.2, 0) is 9.57 Å². The molecular formula is C12H23NO2. The van der Waals surface area contributed by atoms with Crippen LogP contribution in [0, 0.1) is 0 Å². The van der Waals surface area contributed by atoms with Gasteiger partial charge in [-0.1, -0.05) is 0 Å². The van der Waals surface area contributed by atoms with Gasteiger partial charge in [0.1, 0.15) is 0 Å². The molecule has 0 aromatic carbocycles. The average molecular weight is 213 g/mol. The van der Waals surface area contributed by atoms with E-state index >= 15 is 0 Å². The number of rotatable bonds is 2. The molecule has 1 N–H and O–H groups in total. The van der Waals surface area contributed by atoms with Crippen LogP contribution < -0.4 is 5.48 Å². The summed E-state index contributed by atoms with van der Waals surface area (Å²) in [5, 5.41) is 0. The highest BCUT2D eigenvalue weighted by Gasteiger charge is 2.42. The fourth-order valence-electron chi connectivity index (χ4n) is 2.31. The average Bonchev–Trinajstić information content (AvgIpc) is 2.12. The van der Waals surface area contributed by atoms with Crippen LogP contribution in [0.25, 0.3) is 0 Å². The first-order valence-corrected chi connectivity index (χ1v) is 6.07. The third-order valence-electron chi connectivity index (χ3n) is 3.29. The van der Waals surface area contributed by atoms with Gasteiger partial charge in [-0.05, 0) is 52.9 Å². The second-order valence-electron chi connectivity index (χ2n) is 5.91. The first kappa shape index (κ1) is 11.4. The molecule has 15 heavy (non-hydrogen) atoms. The summed E-state index contributed by atoms with van der Waals surface area (Å²) in [5.74, 6) is 0. The topological polar surface area (TPSA) is 30.5 Å². The fourth-order valence-corrected chi connectivity index (χ4v) is 2.31. The molecule has 3 heteroatoms. The van der Waals surface area contributed by atoms with Crippen molar-refractivity contribution in [3.05, 3.63) is 0 Å². The largest absolute Gasteiger partial charge is 0.375 e. The molecule has 0 aromatic rings. The molecule has 0 aromatic heterocycles. The molecule has 1 heterocycles. The molecule has 1 saturated carbocycles. The van der Waals surface area contributed by atoms with Crippen molar-refractivity contribution in [2.45, 2.75) is 70.1 Å². The van der Waals surface area contributed by atoms with Gasteiger partial charge in [-0.15, -0.1) is 0 Å². The van der Waals surface area contributed by atoms with Crippen molar-refractivity contribution in [1.29, 1.82) is 0 Å². The van der Waals surface area contributed by atoms with Gasteiger partial charge in [-0.2, -0.15) is 5.48 Å². The molecule has 0 radical (unpaired) electrons. The summed E-state index contributed by atoms with van der Waals surface area (Å²) < 4.78 is 5.87. The van der Waals surface area contributed by atoms with Gasteiger partial charge in [0.05, 0.1) is 11.2 Å². The molecule has 1 unspecified atom stereocenters. The highest BCUT2D eigenvalue weighted by atomic mass is 16.7. The summed E-state index contributed by atoms with van der Waals surface area (Å²) in [6, 6.07) is 0.471. The van der Waals surface area contributed by atoms with Gasteiger partial charge in [0.2, 0.25) is 0 Å². The van der Waals surface area contributed by atoms with Gasteiger partial charge in [-0.3, -0.25) is 4.84 Å². The summed E-state index contributed by atoms with van der Waals surface area (Å²) in [4.78, 5) is 5.63. The minimum Gasteiger partial charge on any atom is -0.375 e. The summed E-state index contributed by atoms with van der Waals surface area (Å²) in [5.41, 5.74) is 3.30. The third kappa shape index (κ3) is 2.92.